The molecule has 1 amide bonds. The summed E-state index contributed by atoms with van der Waals surface area (Å²) < 4.78 is 18.9. The van der Waals surface area contributed by atoms with Gasteiger partial charge in [0, 0.05) is 6.20 Å². The summed E-state index contributed by atoms with van der Waals surface area (Å²) in [6, 6.07) is 9.21. The number of halogens is 1. The third-order valence-electron chi connectivity index (χ3n) is 3.31. The summed E-state index contributed by atoms with van der Waals surface area (Å²) in [6.45, 7) is 0.670. The van der Waals surface area contributed by atoms with Gasteiger partial charge in [-0.1, -0.05) is 12.1 Å². The van der Waals surface area contributed by atoms with Crippen LogP contribution >= 0.6 is 0 Å². The molecule has 1 N–H and O–H groups in total. The summed E-state index contributed by atoms with van der Waals surface area (Å²) in [5, 5.41) is 0. The van der Waals surface area contributed by atoms with Crippen LogP contribution in [0.3, 0.4) is 0 Å². The summed E-state index contributed by atoms with van der Waals surface area (Å²) in [7, 11) is 0. The van der Waals surface area contributed by atoms with Gasteiger partial charge < -0.3 is 14.6 Å². The molecule has 0 radical (unpaired) electrons. The van der Waals surface area contributed by atoms with E-state index in [1.54, 1.807) is 24.3 Å². The molecule has 1 aliphatic heterocycles. The van der Waals surface area contributed by atoms with Crippen molar-refractivity contribution in [2.24, 2.45) is 0 Å². The first-order chi connectivity index (χ1) is 10.1. The van der Waals surface area contributed by atoms with Crippen molar-refractivity contribution in [3.05, 3.63) is 64.3 Å². The lowest BCUT2D eigenvalue weighted by Gasteiger charge is -2.38. The highest BCUT2D eigenvalue weighted by molar-refractivity contribution is 5.94. The molecule has 6 heteroatoms. The van der Waals surface area contributed by atoms with Gasteiger partial charge >= 0.3 is 0 Å². The quantitative estimate of drug-likeness (QED) is 0.929. The molecule has 0 saturated carbocycles. The predicted molar refractivity (Wildman–Crippen MR) is 73.8 cm³/mol. The predicted octanol–water partition coefficient (Wildman–Crippen LogP) is 1.42. The van der Waals surface area contributed by atoms with Crippen LogP contribution in [0.5, 0.6) is 5.75 Å². The van der Waals surface area contributed by atoms with Crippen molar-refractivity contribution in [1.29, 1.82) is 0 Å². The van der Waals surface area contributed by atoms with Gasteiger partial charge in [-0.2, -0.15) is 0 Å². The number of aromatic amines is 1. The number of nitrogens with zero attached hydrogens (tertiary/aromatic N) is 1. The van der Waals surface area contributed by atoms with Gasteiger partial charge in [-0.3, -0.25) is 9.59 Å². The molecule has 21 heavy (non-hydrogen) atoms. The molecule has 1 fully saturated rings. The molecule has 1 aromatic carbocycles. The standard InChI is InChI=1S/C15H13FN2O3/c16-12-5-1-2-6-13(12)21-10-8-18(9-10)15(20)11-4-3-7-17-14(11)19/h1-7,10H,8-9H2,(H,17,19). The Bertz CT molecular complexity index is 723. The smallest absolute Gasteiger partial charge is 0.260 e. The van der Waals surface area contributed by atoms with E-state index in [4.69, 9.17) is 4.74 Å². The normalized spacial score (nSPS) is 14.6. The minimum Gasteiger partial charge on any atom is -0.484 e. The van der Waals surface area contributed by atoms with Crippen LogP contribution in [-0.2, 0) is 0 Å². The number of nitrogens with one attached hydrogen (secondary N) is 1. The Morgan fingerprint density at radius 3 is 2.71 bits per heavy atom. The van der Waals surface area contributed by atoms with E-state index in [2.05, 4.69) is 4.98 Å². The monoisotopic (exact) mass is 288 g/mol. The van der Waals surface area contributed by atoms with Crippen molar-refractivity contribution in [1.82, 2.24) is 9.88 Å². The van der Waals surface area contributed by atoms with E-state index in [9.17, 15) is 14.0 Å². The number of H-pyrrole nitrogens is 1. The SMILES string of the molecule is O=C(c1ccc[nH]c1=O)N1CC(Oc2ccccc2F)C1. The van der Waals surface area contributed by atoms with Crippen LogP contribution in [0.25, 0.3) is 0 Å². The van der Waals surface area contributed by atoms with E-state index >= 15 is 0 Å². The first kappa shape index (κ1) is 13.4. The number of pyridine rings is 1. The molecule has 0 unspecified atom stereocenters. The highest BCUT2D eigenvalue weighted by Gasteiger charge is 2.34. The average Bonchev–Trinajstić information content (AvgIpc) is 2.44. The van der Waals surface area contributed by atoms with Crippen molar-refractivity contribution >= 4 is 5.91 Å². The molecule has 3 rings (SSSR count). The lowest BCUT2D eigenvalue weighted by Crippen LogP contribution is -2.56. The topological polar surface area (TPSA) is 62.4 Å². The summed E-state index contributed by atoms with van der Waals surface area (Å²) in [6.07, 6.45) is 1.22. The van der Waals surface area contributed by atoms with Crippen LogP contribution in [0.2, 0.25) is 0 Å². The van der Waals surface area contributed by atoms with E-state index < -0.39 is 11.4 Å². The van der Waals surface area contributed by atoms with Crippen LogP contribution in [0.15, 0.2) is 47.4 Å². The molecule has 2 aromatic rings. The van der Waals surface area contributed by atoms with Gasteiger partial charge in [-0.05, 0) is 24.3 Å². The fourth-order valence-electron chi connectivity index (χ4n) is 2.16. The number of ether oxygens (including phenoxy) is 1. The number of aromatic nitrogens is 1. The maximum absolute atomic E-state index is 13.4. The van der Waals surface area contributed by atoms with E-state index in [-0.39, 0.29) is 23.3 Å². The van der Waals surface area contributed by atoms with Gasteiger partial charge in [0.05, 0.1) is 13.1 Å². The van der Waals surface area contributed by atoms with Crippen LogP contribution in [-0.4, -0.2) is 35.0 Å². The molecule has 0 spiro atoms. The number of para-hydroxylation sites is 1. The van der Waals surface area contributed by atoms with Gasteiger partial charge in [0.1, 0.15) is 11.7 Å². The fourth-order valence-corrected chi connectivity index (χ4v) is 2.16. The van der Waals surface area contributed by atoms with E-state index in [1.807, 2.05) is 0 Å². The Kier molecular flexibility index (Phi) is 3.43. The molecule has 0 bridgehead atoms. The second kappa shape index (κ2) is 5.40. The first-order valence-electron chi connectivity index (χ1n) is 6.53. The first-order valence-corrected chi connectivity index (χ1v) is 6.53. The van der Waals surface area contributed by atoms with Crippen LogP contribution in [0, 0.1) is 5.82 Å². The molecule has 1 aromatic heterocycles. The number of benzene rings is 1. The Morgan fingerprint density at radius 1 is 1.24 bits per heavy atom. The Labute approximate surface area is 120 Å². The molecule has 0 aliphatic carbocycles. The number of carbonyl (C=O) groups excluding carboxylic acids is 1. The number of carbonyl (C=O) groups is 1. The number of hydrogen-bond acceptors (Lipinski definition) is 3. The van der Waals surface area contributed by atoms with E-state index in [0.717, 1.165) is 0 Å². The van der Waals surface area contributed by atoms with Gasteiger partial charge in [0.15, 0.2) is 11.6 Å². The number of rotatable bonds is 3. The van der Waals surface area contributed by atoms with E-state index in [1.165, 1.54) is 23.2 Å². The molecular formula is C15H13FN2O3. The third kappa shape index (κ3) is 2.65. The second-order valence-corrected chi connectivity index (χ2v) is 4.79. The van der Waals surface area contributed by atoms with Crippen molar-refractivity contribution in [2.45, 2.75) is 6.10 Å². The molecule has 1 saturated heterocycles. The summed E-state index contributed by atoms with van der Waals surface area (Å²) in [4.78, 5) is 27.6. The highest BCUT2D eigenvalue weighted by atomic mass is 19.1. The van der Waals surface area contributed by atoms with E-state index in [0.29, 0.717) is 13.1 Å². The Morgan fingerprint density at radius 2 is 2.00 bits per heavy atom. The minimum atomic E-state index is -0.429. The summed E-state index contributed by atoms with van der Waals surface area (Å²) in [5.74, 6) is -0.598. The lowest BCUT2D eigenvalue weighted by molar-refractivity contribution is 0.0162. The van der Waals surface area contributed by atoms with Gasteiger partial charge in [0.2, 0.25) is 0 Å². The zero-order valence-corrected chi connectivity index (χ0v) is 11.1. The lowest BCUT2D eigenvalue weighted by atomic mass is 10.1. The fraction of sp³-hybridized carbons (Fsp3) is 0.200. The zero-order chi connectivity index (χ0) is 14.8. The average molecular weight is 288 g/mol. The maximum Gasteiger partial charge on any atom is 0.260 e. The van der Waals surface area contributed by atoms with Crippen molar-refractivity contribution in [2.75, 3.05) is 13.1 Å². The van der Waals surface area contributed by atoms with Gasteiger partial charge in [-0.25, -0.2) is 4.39 Å². The molecule has 2 heterocycles. The molecule has 0 atom stereocenters. The number of hydrogen-bond donors (Lipinski definition) is 1. The van der Waals surface area contributed by atoms with Crippen LogP contribution in [0.4, 0.5) is 4.39 Å². The third-order valence-corrected chi connectivity index (χ3v) is 3.31. The minimum absolute atomic E-state index is 0.0989. The summed E-state index contributed by atoms with van der Waals surface area (Å²) in [5.41, 5.74) is -0.317. The molecule has 1 aliphatic rings. The van der Waals surface area contributed by atoms with Crippen molar-refractivity contribution < 1.29 is 13.9 Å². The molecule has 5 nitrogen and oxygen atoms in total. The number of amides is 1. The van der Waals surface area contributed by atoms with Crippen LogP contribution in [0.1, 0.15) is 10.4 Å². The highest BCUT2D eigenvalue weighted by Crippen LogP contribution is 2.21. The zero-order valence-electron chi connectivity index (χ0n) is 11.1. The Balaban J connectivity index is 1.61. The van der Waals surface area contributed by atoms with Gasteiger partial charge in [-0.15, -0.1) is 0 Å². The van der Waals surface area contributed by atoms with Crippen LogP contribution < -0.4 is 10.3 Å². The summed E-state index contributed by atoms with van der Waals surface area (Å²) >= 11 is 0. The molecular weight excluding hydrogens is 275 g/mol. The largest absolute Gasteiger partial charge is 0.484 e. The Hall–Kier alpha value is -2.63. The second-order valence-electron chi connectivity index (χ2n) is 4.79. The maximum atomic E-state index is 13.4. The van der Waals surface area contributed by atoms with Gasteiger partial charge in [0.25, 0.3) is 11.5 Å². The van der Waals surface area contributed by atoms with Crippen molar-refractivity contribution in [3.63, 3.8) is 0 Å². The molecule has 108 valence electrons. The number of likely N-dealkylation sites (tertiary alicyclic amines) is 1. The van der Waals surface area contributed by atoms with Crippen molar-refractivity contribution in [3.8, 4) is 5.75 Å².